The quantitative estimate of drug-likeness (QED) is 0.890. The van der Waals surface area contributed by atoms with E-state index in [9.17, 15) is 9.90 Å². The summed E-state index contributed by atoms with van der Waals surface area (Å²) in [5.41, 5.74) is 2.92. The summed E-state index contributed by atoms with van der Waals surface area (Å²) in [7, 11) is 1.66. The van der Waals surface area contributed by atoms with Gasteiger partial charge in [0, 0.05) is 30.4 Å². The Labute approximate surface area is 154 Å². The molecule has 140 valence electrons. The van der Waals surface area contributed by atoms with Crippen LogP contribution in [-0.4, -0.2) is 46.0 Å². The van der Waals surface area contributed by atoms with Gasteiger partial charge in [-0.1, -0.05) is 12.1 Å². The van der Waals surface area contributed by atoms with E-state index < -0.39 is 5.97 Å². The van der Waals surface area contributed by atoms with Crippen LogP contribution < -0.4 is 4.74 Å². The highest BCUT2D eigenvalue weighted by Gasteiger charge is 2.29. The van der Waals surface area contributed by atoms with Crippen molar-refractivity contribution in [2.45, 2.75) is 39.3 Å². The third-order valence-electron chi connectivity index (χ3n) is 4.84. The maximum Gasteiger partial charge on any atom is 0.307 e. The zero-order chi connectivity index (χ0) is 18.9. The molecule has 2 aromatic rings. The second-order valence-corrected chi connectivity index (χ2v) is 7.91. The summed E-state index contributed by atoms with van der Waals surface area (Å²) in [6.07, 6.45) is 2.79. The molecular formula is C20H27N3O3. The predicted molar refractivity (Wildman–Crippen MR) is 100 cm³/mol. The number of aliphatic carboxylic acids is 1. The van der Waals surface area contributed by atoms with Gasteiger partial charge in [-0.25, -0.2) is 0 Å². The molecule has 0 amide bonds. The molecule has 3 rings (SSSR count). The van der Waals surface area contributed by atoms with Crippen LogP contribution >= 0.6 is 0 Å². The fourth-order valence-corrected chi connectivity index (χ4v) is 3.30. The van der Waals surface area contributed by atoms with E-state index in [0.29, 0.717) is 19.5 Å². The number of likely N-dealkylation sites (tertiary alicyclic amines) is 1. The van der Waals surface area contributed by atoms with Crippen LogP contribution in [0.2, 0.25) is 0 Å². The van der Waals surface area contributed by atoms with Gasteiger partial charge in [-0.15, -0.1) is 0 Å². The second-order valence-electron chi connectivity index (χ2n) is 7.91. The van der Waals surface area contributed by atoms with E-state index in [1.165, 1.54) is 0 Å². The number of carboxylic acids is 1. The lowest BCUT2D eigenvalue weighted by Gasteiger charge is -2.19. The lowest BCUT2D eigenvalue weighted by atomic mass is 10.1. The molecule has 0 spiro atoms. The summed E-state index contributed by atoms with van der Waals surface area (Å²) in [6.45, 7) is 8.45. The van der Waals surface area contributed by atoms with Crippen molar-refractivity contribution in [1.82, 2.24) is 14.7 Å². The van der Waals surface area contributed by atoms with Crippen LogP contribution in [-0.2, 0) is 16.9 Å². The van der Waals surface area contributed by atoms with Gasteiger partial charge in [0.25, 0.3) is 0 Å². The molecule has 6 heteroatoms. The van der Waals surface area contributed by atoms with Gasteiger partial charge in [0.15, 0.2) is 0 Å². The molecule has 1 atom stereocenters. The standard InChI is InChI=1S/C20H27N3O3/c1-20(2,3)23-13-16(12-22-9-8-15(11-22)19(24)25)18(21-23)14-6-5-7-17(10-14)26-4/h5-7,10,13,15H,8-9,11-12H2,1-4H3,(H,24,25). The molecule has 26 heavy (non-hydrogen) atoms. The number of methoxy groups -OCH3 is 1. The Bertz CT molecular complexity index is 792. The molecule has 6 nitrogen and oxygen atoms in total. The molecule has 1 aliphatic rings. The first-order chi connectivity index (χ1) is 12.3. The zero-order valence-corrected chi connectivity index (χ0v) is 15.9. The number of hydrogen-bond acceptors (Lipinski definition) is 4. The minimum absolute atomic E-state index is 0.125. The number of ether oxygens (including phenoxy) is 1. The molecule has 1 unspecified atom stereocenters. The van der Waals surface area contributed by atoms with Crippen molar-refractivity contribution in [3.05, 3.63) is 36.0 Å². The first-order valence-corrected chi connectivity index (χ1v) is 8.96. The summed E-state index contributed by atoms with van der Waals surface area (Å²) < 4.78 is 7.34. The van der Waals surface area contributed by atoms with E-state index in [0.717, 1.165) is 29.1 Å². The number of aromatic nitrogens is 2. The normalized spacial score (nSPS) is 18.2. The molecule has 1 N–H and O–H groups in total. The fraction of sp³-hybridized carbons (Fsp3) is 0.500. The van der Waals surface area contributed by atoms with Gasteiger partial charge < -0.3 is 9.84 Å². The first-order valence-electron chi connectivity index (χ1n) is 8.96. The summed E-state index contributed by atoms with van der Waals surface area (Å²) in [6, 6.07) is 7.90. The van der Waals surface area contributed by atoms with Gasteiger partial charge in [0.2, 0.25) is 0 Å². The van der Waals surface area contributed by atoms with Gasteiger partial charge in [0.1, 0.15) is 5.75 Å². The number of nitrogens with zero attached hydrogens (tertiary/aromatic N) is 3. The number of benzene rings is 1. The monoisotopic (exact) mass is 357 g/mol. The predicted octanol–water partition coefficient (Wildman–Crippen LogP) is 3.22. The van der Waals surface area contributed by atoms with Crippen molar-refractivity contribution in [2.75, 3.05) is 20.2 Å². The molecule has 2 heterocycles. The molecule has 1 fully saturated rings. The topological polar surface area (TPSA) is 67.6 Å². The summed E-state index contributed by atoms with van der Waals surface area (Å²) >= 11 is 0. The van der Waals surface area contributed by atoms with Crippen LogP contribution in [0.4, 0.5) is 0 Å². The Hall–Kier alpha value is -2.34. The van der Waals surface area contributed by atoms with E-state index in [1.807, 2.05) is 28.9 Å². The number of carboxylic acid groups (broad SMARTS) is 1. The molecular weight excluding hydrogens is 330 g/mol. The second kappa shape index (κ2) is 7.11. The molecule has 1 aromatic carbocycles. The SMILES string of the molecule is COc1cccc(-c2nn(C(C)(C)C)cc2CN2CCC(C(=O)O)C2)c1. The van der Waals surface area contributed by atoms with Gasteiger partial charge in [-0.3, -0.25) is 14.4 Å². The van der Waals surface area contributed by atoms with Gasteiger partial charge >= 0.3 is 5.97 Å². The minimum Gasteiger partial charge on any atom is -0.497 e. The Balaban J connectivity index is 1.93. The van der Waals surface area contributed by atoms with E-state index in [1.54, 1.807) is 7.11 Å². The van der Waals surface area contributed by atoms with Crippen LogP contribution in [0.25, 0.3) is 11.3 Å². The third-order valence-corrected chi connectivity index (χ3v) is 4.84. The first kappa shape index (κ1) is 18.5. The summed E-state index contributed by atoms with van der Waals surface area (Å²) in [5, 5.41) is 14.1. The van der Waals surface area contributed by atoms with Crippen LogP contribution in [0.3, 0.4) is 0 Å². The van der Waals surface area contributed by atoms with Crippen LogP contribution in [0, 0.1) is 5.92 Å². The third kappa shape index (κ3) is 3.90. The van der Waals surface area contributed by atoms with Crippen molar-refractivity contribution in [1.29, 1.82) is 0 Å². The molecule has 0 saturated carbocycles. The lowest BCUT2D eigenvalue weighted by molar-refractivity contribution is -0.141. The molecule has 1 aliphatic heterocycles. The van der Waals surface area contributed by atoms with E-state index >= 15 is 0 Å². The van der Waals surface area contributed by atoms with E-state index in [2.05, 4.69) is 31.9 Å². The highest BCUT2D eigenvalue weighted by molar-refractivity contribution is 5.70. The van der Waals surface area contributed by atoms with Crippen molar-refractivity contribution in [2.24, 2.45) is 5.92 Å². The number of rotatable bonds is 5. The van der Waals surface area contributed by atoms with Crippen molar-refractivity contribution >= 4 is 5.97 Å². The van der Waals surface area contributed by atoms with Crippen molar-refractivity contribution < 1.29 is 14.6 Å². The number of carbonyl (C=O) groups is 1. The number of hydrogen-bond donors (Lipinski definition) is 1. The average molecular weight is 357 g/mol. The van der Waals surface area contributed by atoms with Crippen LogP contribution in [0.5, 0.6) is 5.75 Å². The van der Waals surface area contributed by atoms with E-state index in [4.69, 9.17) is 9.84 Å². The zero-order valence-electron chi connectivity index (χ0n) is 15.9. The summed E-state index contributed by atoms with van der Waals surface area (Å²) in [4.78, 5) is 13.4. The molecule has 0 bridgehead atoms. The molecule has 0 radical (unpaired) electrons. The van der Waals surface area contributed by atoms with Gasteiger partial charge in [-0.05, 0) is 45.9 Å². The Morgan fingerprint density at radius 1 is 1.38 bits per heavy atom. The lowest BCUT2D eigenvalue weighted by Crippen LogP contribution is -2.23. The minimum atomic E-state index is -0.703. The van der Waals surface area contributed by atoms with Crippen LogP contribution in [0.15, 0.2) is 30.5 Å². The van der Waals surface area contributed by atoms with Crippen molar-refractivity contribution in [3.8, 4) is 17.0 Å². The highest BCUT2D eigenvalue weighted by atomic mass is 16.5. The molecule has 1 saturated heterocycles. The Morgan fingerprint density at radius 3 is 2.77 bits per heavy atom. The van der Waals surface area contributed by atoms with Gasteiger partial charge in [0.05, 0.1) is 24.3 Å². The van der Waals surface area contributed by atoms with Gasteiger partial charge in [-0.2, -0.15) is 5.10 Å². The van der Waals surface area contributed by atoms with Crippen LogP contribution in [0.1, 0.15) is 32.8 Å². The van der Waals surface area contributed by atoms with Crippen molar-refractivity contribution in [3.63, 3.8) is 0 Å². The fourth-order valence-electron chi connectivity index (χ4n) is 3.30. The maximum absolute atomic E-state index is 11.2. The maximum atomic E-state index is 11.2. The van der Waals surface area contributed by atoms with E-state index in [-0.39, 0.29) is 11.5 Å². The average Bonchev–Trinajstić information content (AvgIpc) is 3.22. The summed E-state index contributed by atoms with van der Waals surface area (Å²) in [5.74, 6) is -0.176. The molecule has 0 aliphatic carbocycles. The smallest absolute Gasteiger partial charge is 0.307 e. The Kier molecular flexibility index (Phi) is 5.05. The largest absolute Gasteiger partial charge is 0.497 e. The Morgan fingerprint density at radius 2 is 2.15 bits per heavy atom. The highest BCUT2D eigenvalue weighted by Crippen LogP contribution is 2.30. The molecule has 1 aromatic heterocycles.